The Balaban J connectivity index is 2.33. The lowest BCUT2D eigenvalue weighted by Gasteiger charge is -2.14. The topological polar surface area (TPSA) is 62.1 Å². The van der Waals surface area contributed by atoms with Crippen LogP contribution in [0.1, 0.15) is 36.1 Å². The van der Waals surface area contributed by atoms with E-state index in [0.29, 0.717) is 11.3 Å². The van der Waals surface area contributed by atoms with Gasteiger partial charge in [-0.15, -0.1) is 0 Å². The highest BCUT2D eigenvalue weighted by Crippen LogP contribution is 2.25. The molecular formula is C22H24N2O2. The third-order valence-corrected chi connectivity index (χ3v) is 3.86. The number of nitrogens with one attached hydrogen (secondary N) is 1. The SMILES string of the molecule is Cc1cc(C)c(NC(=O)/C(C#N)=C/c2ccccc2OC(C)C)c(C)c1. The molecule has 1 amide bonds. The number of benzene rings is 2. The van der Waals surface area contributed by atoms with Crippen LogP contribution >= 0.6 is 0 Å². The lowest BCUT2D eigenvalue weighted by Crippen LogP contribution is -2.15. The van der Waals surface area contributed by atoms with Crippen molar-refractivity contribution in [1.29, 1.82) is 5.26 Å². The van der Waals surface area contributed by atoms with Gasteiger partial charge in [-0.3, -0.25) is 4.79 Å². The molecule has 0 atom stereocenters. The van der Waals surface area contributed by atoms with Gasteiger partial charge >= 0.3 is 0 Å². The first-order valence-corrected chi connectivity index (χ1v) is 8.58. The van der Waals surface area contributed by atoms with E-state index in [-0.39, 0.29) is 11.7 Å². The Labute approximate surface area is 155 Å². The molecule has 0 bridgehead atoms. The number of nitrogens with zero attached hydrogens (tertiary/aromatic N) is 1. The van der Waals surface area contributed by atoms with Crippen molar-refractivity contribution in [2.45, 2.75) is 40.7 Å². The van der Waals surface area contributed by atoms with Crippen LogP contribution < -0.4 is 10.1 Å². The van der Waals surface area contributed by atoms with Gasteiger partial charge in [-0.2, -0.15) is 5.26 Å². The lowest BCUT2D eigenvalue weighted by atomic mass is 10.0. The maximum atomic E-state index is 12.6. The second-order valence-corrected chi connectivity index (χ2v) is 6.60. The van der Waals surface area contributed by atoms with E-state index >= 15 is 0 Å². The molecule has 0 heterocycles. The molecule has 2 rings (SSSR count). The number of rotatable bonds is 5. The highest BCUT2D eigenvalue weighted by Gasteiger charge is 2.14. The molecule has 1 N–H and O–H groups in total. The molecule has 0 aliphatic carbocycles. The van der Waals surface area contributed by atoms with E-state index in [9.17, 15) is 10.1 Å². The Bertz CT molecular complexity index is 866. The Hall–Kier alpha value is -3.06. The number of ether oxygens (including phenoxy) is 1. The van der Waals surface area contributed by atoms with Crippen molar-refractivity contribution in [3.8, 4) is 11.8 Å². The minimum absolute atomic E-state index is 0.00164. The van der Waals surface area contributed by atoms with Gasteiger partial charge in [0.1, 0.15) is 17.4 Å². The number of amides is 1. The molecule has 26 heavy (non-hydrogen) atoms. The van der Waals surface area contributed by atoms with Gasteiger partial charge in [0.15, 0.2) is 0 Å². The predicted molar refractivity (Wildman–Crippen MR) is 105 cm³/mol. The Morgan fingerprint density at radius 3 is 2.35 bits per heavy atom. The van der Waals surface area contributed by atoms with Gasteiger partial charge in [-0.1, -0.05) is 35.9 Å². The van der Waals surface area contributed by atoms with Crippen LogP contribution in [0.5, 0.6) is 5.75 Å². The van der Waals surface area contributed by atoms with Crippen molar-refractivity contribution in [2.24, 2.45) is 0 Å². The normalized spacial score (nSPS) is 11.2. The molecule has 0 aromatic heterocycles. The third kappa shape index (κ3) is 4.73. The molecular weight excluding hydrogens is 324 g/mol. The maximum Gasteiger partial charge on any atom is 0.266 e. The predicted octanol–water partition coefficient (Wildman–Crippen LogP) is 4.94. The van der Waals surface area contributed by atoms with Crippen molar-refractivity contribution in [1.82, 2.24) is 0 Å². The molecule has 0 saturated heterocycles. The van der Waals surface area contributed by atoms with Gasteiger partial charge in [-0.05, 0) is 57.9 Å². The summed E-state index contributed by atoms with van der Waals surface area (Å²) in [5.74, 6) is 0.215. The quantitative estimate of drug-likeness (QED) is 0.614. The van der Waals surface area contributed by atoms with Gasteiger partial charge in [0.25, 0.3) is 5.91 Å². The molecule has 0 fully saturated rings. The van der Waals surface area contributed by atoms with Gasteiger partial charge in [0.05, 0.1) is 6.10 Å². The largest absolute Gasteiger partial charge is 0.490 e. The summed E-state index contributed by atoms with van der Waals surface area (Å²) in [5, 5.41) is 12.3. The average molecular weight is 348 g/mol. The molecule has 0 aliphatic rings. The lowest BCUT2D eigenvalue weighted by molar-refractivity contribution is -0.112. The van der Waals surface area contributed by atoms with Crippen molar-refractivity contribution in [3.63, 3.8) is 0 Å². The van der Waals surface area contributed by atoms with Crippen LogP contribution in [-0.4, -0.2) is 12.0 Å². The first kappa shape index (κ1) is 19.3. The summed E-state index contributed by atoms with van der Waals surface area (Å²) < 4.78 is 5.75. The molecule has 2 aromatic carbocycles. The number of carbonyl (C=O) groups is 1. The van der Waals surface area contributed by atoms with E-state index in [0.717, 1.165) is 22.4 Å². The van der Waals surface area contributed by atoms with Crippen LogP contribution in [-0.2, 0) is 4.79 Å². The number of para-hydroxylation sites is 1. The molecule has 0 radical (unpaired) electrons. The van der Waals surface area contributed by atoms with E-state index in [1.165, 1.54) is 0 Å². The number of nitriles is 1. The fraction of sp³-hybridized carbons (Fsp3) is 0.273. The summed E-state index contributed by atoms with van der Waals surface area (Å²) in [6.45, 7) is 9.76. The second kappa shape index (κ2) is 8.35. The number of anilines is 1. The van der Waals surface area contributed by atoms with Gasteiger partial charge in [-0.25, -0.2) is 0 Å². The van der Waals surface area contributed by atoms with Crippen LogP contribution in [0.3, 0.4) is 0 Å². The van der Waals surface area contributed by atoms with Crippen molar-refractivity contribution in [2.75, 3.05) is 5.32 Å². The van der Waals surface area contributed by atoms with E-state index in [1.54, 1.807) is 6.08 Å². The third-order valence-electron chi connectivity index (χ3n) is 3.86. The summed E-state index contributed by atoms with van der Waals surface area (Å²) in [5.41, 5.74) is 4.55. The van der Waals surface area contributed by atoms with E-state index < -0.39 is 5.91 Å². The summed E-state index contributed by atoms with van der Waals surface area (Å²) in [4.78, 5) is 12.6. The minimum Gasteiger partial charge on any atom is -0.490 e. The van der Waals surface area contributed by atoms with Crippen LogP contribution in [0.4, 0.5) is 5.69 Å². The first-order chi connectivity index (χ1) is 12.3. The molecule has 134 valence electrons. The smallest absolute Gasteiger partial charge is 0.266 e. The molecule has 0 aliphatic heterocycles. The zero-order valence-corrected chi connectivity index (χ0v) is 15.9. The molecule has 0 unspecified atom stereocenters. The summed E-state index contributed by atoms with van der Waals surface area (Å²) >= 11 is 0. The Kier molecular flexibility index (Phi) is 6.19. The summed E-state index contributed by atoms with van der Waals surface area (Å²) in [6.07, 6.45) is 1.56. The summed E-state index contributed by atoms with van der Waals surface area (Å²) in [7, 11) is 0. The number of hydrogen-bond acceptors (Lipinski definition) is 3. The fourth-order valence-electron chi connectivity index (χ4n) is 2.82. The number of hydrogen-bond donors (Lipinski definition) is 1. The van der Waals surface area contributed by atoms with E-state index in [4.69, 9.17) is 4.74 Å². The Morgan fingerprint density at radius 1 is 1.15 bits per heavy atom. The monoisotopic (exact) mass is 348 g/mol. The van der Waals surface area contributed by atoms with Crippen LogP contribution in [0.2, 0.25) is 0 Å². The zero-order chi connectivity index (χ0) is 19.3. The second-order valence-electron chi connectivity index (χ2n) is 6.60. The van der Waals surface area contributed by atoms with Crippen LogP contribution in [0, 0.1) is 32.1 Å². The van der Waals surface area contributed by atoms with Crippen LogP contribution in [0.15, 0.2) is 42.0 Å². The molecule has 4 heteroatoms. The first-order valence-electron chi connectivity index (χ1n) is 8.58. The Morgan fingerprint density at radius 2 is 1.77 bits per heavy atom. The molecule has 4 nitrogen and oxygen atoms in total. The van der Waals surface area contributed by atoms with Crippen LogP contribution in [0.25, 0.3) is 6.08 Å². The average Bonchev–Trinajstić information content (AvgIpc) is 2.56. The number of aryl methyl sites for hydroxylation is 3. The number of carbonyl (C=O) groups excluding carboxylic acids is 1. The van der Waals surface area contributed by atoms with Gasteiger partial charge in [0, 0.05) is 11.3 Å². The molecule has 2 aromatic rings. The molecule has 0 spiro atoms. The van der Waals surface area contributed by atoms with Crippen molar-refractivity contribution >= 4 is 17.7 Å². The standard InChI is InChI=1S/C22H24N2O2/c1-14(2)26-20-9-7-6-8-18(20)12-19(13-23)22(25)24-21-16(4)10-15(3)11-17(21)5/h6-12,14H,1-5H3,(H,24,25)/b19-12+. The molecule has 0 saturated carbocycles. The van der Waals surface area contributed by atoms with Crippen molar-refractivity contribution < 1.29 is 9.53 Å². The fourth-order valence-corrected chi connectivity index (χ4v) is 2.82. The van der Waals surface area contributed by atoms with Gasteiger partial charge in [0.2, 0.25) is 0 Å². The minimum atomic E-state index is -0.429. The zero-order valence-electron chi connectivity index (χ0n) is 15.9. The maximum absolute atomic E-state index is 12.6. The van der Waals surface area contributed by atoms with Crippen molar-refractivity contribution in [3.05, 3.63) is 64.2 Å². The van der Waals surface area contributed by atoms with E-state index in [1.807, 2.05) is 77.1 Å². The highest BCUT2D eigenvalue weighted by atomic mass is 16.5. The van der Waals surface area contributed by atoms with Gasteiger partial charge < -0.3 is 10.1 Å². The summed E-state index contributed by atoms with van der Waals surface area (Å²) in [6, 6.07) is 13.4. The highest BCUT2D eigenvalue weighted by molar-refractivity contribution is 6.10. The van der Waals surface area contributed by atoms with E-state index in [2.05, 4.69) is 5.32 Å².